The Morgan fingerprint density at radius 1 is 1.32 bits per heavy atom. The number of benzene rings is 2. The van der Waals surface area contributed by atoms with E-state index < -0.39 is 5.91 Å². The molecule has 0 aromatic heterocycles. The van der Waals surface area contributed by atoms with E-state index >= 15 is 0 Å². The molecule has 0 aliphatic carbocycles. The van der Waals surface area contributed by atoms with Crippen LogP contribution in [0.3, 0.4) is 0 Å². The zero-order valence-corrected chi connectivity index (χ0v) is 14.8. The van der Waals surface area contributed by atoms with Crippen LogP contribution in [0.4, 0.5) is 5.69 Å². The molecule has 0 spiro atoms. The van der Waals surface area contributed by atoms with Crippen molar-refractivity contribution in [3.63, 3.8) is 0 Å². The van der Waals surface area contributed by atoms with Crippen LogP contribution in [0.2, 0.25) is 0 Å². The van der Waals surface area contributed by atoms with Crippen LogP contribution in [0.1, 0.15) is 15.9 Å². The third-order valence-electron chi connectivity index (χ3n) is 2.81. The number of nitrogens with one attached hydrogen (secondary N) is 1. The summed E-state index contributed by atoms with van der Waals surface area (Å²) in [5.74, 6) is 0.328. The van der Waals surface area contributed by atoms with Crippen LogP contribution in [0, 0.1) is 0 Å². The number of hydrogen-bond donors (Lipinski definition) is 2. The van der Waals surface area contributed by atoms with Gasteiger partial charge in [-0.1, -0.05) is 28.1 Å². The molecule has 0 saturated heterocycles. The number of anilines is 1. The summed E-state index contributed by atoms with van der Waals surface area (Å²) in [4.78, 5) is 12.1. The number of methoxy groups -OCH3 is 1. The SMILES string of the molecule is COc1cccc(/C=N/NC(=O)c2cc(Br)cc(Br)c2N)c1. The quantitative estimate of drug-likeness (QED) is 0.445. The average Bonchev–Trinajstić information content (AvgIpc) is 2.51. The predicted molar refractivity (Wildman–Crippen MR) is 94.3 cm³/mol. The number of halogens is 2. The molecule has 7 heteroatoms. The highest BCUT2D eigenvalue weighted by molar-refractivity contribution is 9.11. The molecule has 0 fully saturated rings. The van der Waals surface area contributed by atoms with Gasteiger partial charge in [-0.25, -0.2) is 5.43 Å². The molecule has 3 N–H and O–H groups in total. The molecule has 0 bridgehead atoms. The molecule has 2 aromatic carbocycles. The molecule has 22 heavy (non-hydrogen) atoms. The monoisotopic (exact) mass is 425 g/mol. The number of nitrogen functional groups attached to an aromatic ring is 1. The number of rotatable bonds is 4. The fraction of sp³-hybridized carbons (Fsp3) is 0.0667. The van der Waals surface area contributed by atoms with E-state index in [0.717, 1.165) is 15.8 Å². The van der Waals surface area contributed by atoms with Crippen LogP contribution in [0.25, 0.3) is 0 Å². The Bertz CT molecular complexity index is 733. The lowest BCUT2D eigenvalue weighted by molar-refractivity contribution is 0.0956. The normalized spacial score (nSPS) is 10.7. The summed E-state index contributed by atoms with van der Waals surface area (Å²) in [5, 5.41) is 3.93. The number of carbonyl (C=O) groups excluding carboxylic acids is 1. The maximum Gasteiger partial charge on any atom is 0.273 e. The van der Waals surface area contributed by atoms with E-state index in [4.69, 9.17) is 10.5 Å². The van der Waals surface area contributed by atoms with Crippen molar-refractivity contribution in [3.05, 3.63) is 56.5 Å². The molecule has 0 unspecified atom stereocenters. The van der Waals surface area contributed by atoms with Gasteiger partial charge in [-0.2, -0.15) is 5.10 Å². The first-order chi connectivity index (χ1) is 10.5. The van der Waals surface area contributed by atoms with Crippen molar-refractivity contribution in [3.8, 4) is 5.75 Å². The van der Waals surface area contributed by atoms with Crippen molar-refractivity contribution in [2.75, 3.05) is 12.8 Å². The first-order valence-corrected chi connectivity index (χ1v) is 7.82. The standard InChI is InChI=1S/C15H13Br2N3O2/c1-22-11-4-2-3-9(5-11)8-19-20-15(21)12-6-10(16)7-13(17)14(12)18/h2-8H,18H2,1H3,(H,20,21)/b19-8+. The van der Waals surface area contributed by atoms with Gasteiger partial charge in [-0.15, -0.1) is 0 Å². The maximum atomic E-state index is 12.1. The molecular weight excluding hydrogens is 414 g/mol. The van der Waals surface area contributed by atoms with Gasteiger partial charge in [0.15, 0.2) is 0 Å². The van der Waals surface area contributed by atoms with Crippen LogP contribution >= 0.6 is 31.9 Å². The molecule has 5 nitrogen and oxygen atoms in total. The topological polar surface area (TPSA) is 76.7 Å². The Balaban J connectivity index is 2.11. The molecule has 0 aliphatic rings. The smallest absolute Gasteiger partial charge is 0.273 e. The number of nitrogens with two attached hydrogens (primary N) is 1. The second-order valence-corrected chi connectivity index (χ2v) is 6.09. The Labute approximate surface area is 144 Å². The van der Waals surface area contributed by atoms with Crippen molar-refractivity contribution in [2.45, 2.75) is 0 Å². The molecule has 0 radical (unpaired) electrons. The lowest BCUT2D eigenvalue weighted by atomic mass is 10.2. The molecule has 1 amide bonds. The minimum Gasteiger partial charge on any atom is -0.497 e. The average molecular weight is 427 g/mol. The second kappa shape index (κ2) is 7.42. The van der Waals surface area contributed by atoms with Gasteiger partial charge in [0.05, 0.1) is 24.6 Å². The van der Waals surface area contributed by atoms with Crippen molar-refractivity contribution >= 4 is 49.7 Å². The Morgan fingerprint density at radius 3 is 2.82 bits per heavy atom. The van der Waals surface area contributed by atoms with E-state index in [1.54, 1.807) is 25.3 Å². The van der Waals surface area contributed by atoms with Crippen LogP contribution in [0.5, 0.6) is 5.75 Å². The van der Waals surface area contributed by atoms with Crippen LogP contribution < -0.4 is 15.9 Å². The summed E-state index contributed by atoms with van der Waals surface area (Å²) in [6, 6.07) is 10.7. The van der Waals surface area contributed by atoms with Crippen LogP contribution in [0.15, 0.2) is 50.4 Å². The van der Waals surface area contributed by atoms with Gasteiger partial charge in [0.1, 0.15) is 5.75 Å². The van der Waals surface area contributed by atoms with E-state index in [9.17, 15) is 4.79 Å². The fourth-order valence-electron chi connectivity index (χ4n) is 1.72. The van der Waals surface area contributed by atoms with E-state index in [-0.39, 0.29) is 0 Å². The summed E-state index contributed by atoms with van der Waals surface area (Å²) in [6.07, 6.45) is 1.53. The fourth-order valence-corrected chi connectivity index (χ4v) is 2.95. The largest absolute Gasteiger partial charge is 0.497 e. The van der Waals surface area contributed by atoms with Gasteiger partial charge in [0, 0.05) is 8.95 Å². The molecule has 2 aromatic rings. The lowest BCUT2D eigenvalue weighted by Gasteiger charge is -2.07. The molecule has 2 rings (SSSR count). The Kier molecular flexibility index (Phi) is 5.57. The second-order valence-electron chi connectivity index (χ2n) is 4.32. The molecule has 0 saturated carbocycles. The molecule has 114 valence electrons. The first kappa shape index (κ1) is 16.5. The number of amides is 1. The highest BCUT2D eigenvalue weighted by Crippen LogP contribution is 2.28. The number of ether oxygens (including phenoxy) is 1. The number of hydrogen-bond acceptors (Lipinski definition) is 4. The summed E-state index contributed by atoms with van der Waals surface area (Å²) in [7, 11) is 1.59. The van der Waals surface area contributed by atoms with Crippen molar-refractivity contribution in [2.24, 2.45) is 5.10 Å². The van der Waals surface area contributed by atoms with Gasteiger partial charge in [0.2, 0.25) is 0 Å². The third kappa shape index (κ3) is 4.08. The van der Waals surface area contributed by atoms with Gasteiger partial charge in [-0.3, -0.25) is 4.79 Å². The third-order valence-corrected chi connectivity index (χ3v) is 3.93. The molecular formula is C15H13Br2N3O2. The van der Waals surface area contributed by atoms with Crippen molar-refractivity contribution in [1.82, 2.24) is 5.43 Å². The van der Waals surface area contributed by atoms with E-state index in [1.807, 2.05) is 18.2 Å². The van der Waals surface area contributed by atoms with Crippen molar-refractivity contribution < 1.29 is 9.53 Å². The van der Waals surface area contributed by atoms with Gasteiger partial charge in [-0.05, 0) is 45.8 Å². The van der Waals surface area contributed by atoms with E-state index in [2.05, 4.69) is 42.4 Å². The van der Waals surface area contributed by atoms with E-state index in [1.165, 1.54) is 6.21 Å². The Morgan fingerprint density at radius 2 is 2.09 bits per heavy atom. The van der Waals surface area contributed by atoms with Gasteiger partial charge >= 0.3 is 0 Å². The zero-order chi connectivity index (χ0) is 16.1. The Hall–Kier alpha value is -1.86. The predicted octanol–water partition coefficient (Wildman–Crippen LogP) is 3.57. The highest BCUT2D eigenvalue weighted by atomic mass is 79.9. The van der Waals surface area contributed by atoms with Gasteiger partial charge in [0.25, 0.3) is 5.91 Å². The van der Waals surface area contributed by atoms with Crippen molar-refractivity contribution in [1.29, 1.82) is 0 Å². The minimum atomic E-state index is -0.390. The number of carbonyl (C=O) groups is 1. The molecule has 0 atom stereocenters. The van der Waals surface area contributed by atoms with Crippen LogP contribution in [-0.2, 0) is 0 Å². The van der Waals surface area contributed by atoms with Crippen LogP contribution in [-0.4, -0.2) is 19.2 Å². The summed E-state index contributed by atoms with van der Waals surface area (Å²) >= 11 is 6.62. The first-order valence-electron chi connectivity index (χ1n) is 6.23. The maximum absolute atomic E-state index is 12.1. The summed E-state index contributed by atoms with van der Waals surface area (Å²) < 4.78 is 6.51. The zero-order valence-electron chi connectivity index (χ0n) is 11.6. The highest BCUT2D eigenvalue weighted by Gasteiger charge is 2.12. The lowest BCUT2D eigenvalue weighted by Crippen LogP contribution is -2.19. The minimum absolute atomic E-state index is 0.337. The molecule has 0 heterocycles. The molecule has 0 aliphatic heterocycles. The number of nitrogens with zero attached hydrogens (tertiary/aromatic N) is 1. The number of hydrazone groups is 1. The van der Waals surface area contributed by atoms with Gasteiger partial charge < -0.3 is 10.5 Å². The summed E-state index contributed by atoms with van der Waals surface area (Å²) in [5.41, 5.74) is 9.83. The van der Waals surface area contributed by atoms with E-state index in [0.29, 0.717) is 15.7 Å². The summed E-state index contributed by atoms with van der Waals surface area (Å²) in [6.45, 7) is 0.